The molecule has 0 aliphatic heterocycles. The average Bonchev–Trinajstić information content (AvgIpc) is 2.49. The summed E-state index contributed by atoms with van der Waals surface area (Å²) in [5.41, 5.74) is 0. The van der Waals surface area contributed by atoms with Gasteiger partial charge in [-0.25, -0.2) is 0 Å². The van der Waals surface area contributed by atoms with Crippen molar-refractivity contribution < 1.29 is 24.5 Å². The number of carbonyl (C=O) groups excluding carboxylic acids is 1. The minimum atomic E-state index is -0.814. The Labute approximate surface area is 132 Å². The maximum atomic E-state index is 11.5. The molecular formula is C17H28O5. The molecule has 0 radical (unpaired) electrons. The largest absolute Gasteiger partial charge is 0.481 e. The number of carbonyl (C=O) groups is 2. The van der Waals surface area contributed by atoms with Crippen LogP contribution in [-0.2, 0) is 14.3 Å². The number of aliphatic hydroxyl groups is 1. The fourth-order valence-corrected chi connectivity index (χ4v) is 3.24. The molecule has 0 saturated carbocycles. The molecule has 1 aliphatic carbocycles. The van der Waals surface area contributed by atoms with Gasteiger partial charge in [0.05, 0.1) is 19.1 Å². The van der Waals surface area contributed by atoms with Crippen molar-refractivity contribution >= 4 is 11.9 Å². The van der Waals surface area contributed by atoms with Crippen molar-refractivity contribution in [1.82, 2.24) is 0 Å². The molecule has 1 rings (SSSR count). The number of unbranched alkanes of at least 4 members (excludes halogenated alkanes) is 3. The lowest BCUT2D eigenvalue weighted by Crippen LogP contribution is -2.37. The molecule has 0 aromatic rings. The number of hydrogen-bond donors (Lipinski definition) is 2. The second-order valence-corrected chi connectivity index (χ2v) is 6.13. The van der Waals surface area contributed by atoms with Crippen LogP contribution in [0.1, 0.15) is 51.9 Å². The molecule has 126 valence electrons. The van der Waals surface area contributed by atoms with Crippen LogP contribution < -0.4 is 0 Å². The highest BCUT2D eigenvalue weighted by Gasteiger charge is 2.37. The van der Waals surface area contributed by atoms with E-state index in [0.29, 0.717) is 12.8 Å². The molecule has 5 nitrogen and oxygen atoms in total. The number of esters is 1. The van der Waals surface area contributed by atoms with Gasteiger partial charge >= 0.3 is 11.9 Å². The summed E-state index contributed by atoms with van der Waals surface area (Å²) >= 11 is 0. The molecular weight excluding hydrogens is 284 g/mol. The zero-order valence-corrected chi connectivity index (χ0v) is 13.5. The molecule has 0 aromatic heterocycles. The van der Waals surface area contributed by atoms with Gasteiger partial charge < -0.3 is 14.9 Å². The van der Waals surface area contributed by atoms with Crippen LogP contribution in [0.5, 0.6) is 0 Å². The van der Waals surface area contributed by atoms with Crippen LogP contribution >= 0.6 is 0 Å². The highest BCUT2D eigenvalue weighted by atomic mass is 16.5. The van der Waals surface area contributed by atoms with Gasteiger partial charge in [0.2, 0.25) is 0 Å². The van der Waals surface area contributed by atoms with E-state index in [1.54, 1.807) is 6.92 Å². The molecule has 4 atom stereocenters. The van der Waals surface area contributed by atoms with E-state index in [0.717, 1.165) is 32.1 Å². The predicted octanol–water partition coefficient (Wildman–Crippen LogP) is 2.77. The lowest BCUT2D eigenvalue weighted by Gasteiger charge is -2.33. The second-order valence-electron chi connectivity index (χ2n) is 6.13. The number of carboxylic acid groups (broad SMARTS) is 1. The SMILES string of the molecule is COC(=O)CCCCCCC1C=CC[C@H](C(C)O)[C@@H]1C(=O)O. The number of methoxy groups -OCH3 is 1. The fourth-order valence-electron chi connectivity index (χ4n) is 3.24. The molecule has 0 amide bonds. The third-order valence-corrected chi connectivity index (χ3v) is 4.51. The van der Waals surface area contributed by atoms with Crippen LogP contribution in [0.15, 0.2) is 12.2 Å². The van der Waals surface area contributed by atoms with Crippen molar-refractivity contribution in [3.63, 3.8) is 0 Å². The number of carboxylic acids is 1. The Bertz CT molecular complexity index is 389. The van der Waals surface area contributed by atoms with E-state index in [4.69, 9.17) is 0 Å². The number of allylic oxidation sites excluding steroid dienone is 2. The summed E-state index contributed by atoms with van der Waals surface area (Å²) in [5.74, 6) is -1.70. The zero-order chi connectivity index (χ0) is 16.5. The molecule has 0 heterocycles. The van der Waals surface area contributed by atoms with Crippen LogP contribution in [0.25, 0.3) is 0 Å². The van der Waals surface area contributed by atoms with Gasteiger partial charge in [-0.1, -0.05) is 31.4 Å². The van der Waals surface area contributed by atoms with Crippen molar-refractivity contribution in [3.8, 4) is 0 Å². The Morgan fingerprint density at radius 3 is 2.55 bits per heavy atom. The third-order valence-electron chi connectivity index (χ3n) is 4.51. The maximum absolute atomic E-state index is 11.5. The summed E-state index contributed by atoms with van der Waals surface area (Å²) in [6.45, 7) is 1.67. The number of aliphatic carboxylic acids is 1. The topological polar surface area (TPSA) is 83.8 Å². The van der Waals surface area contributed by atoms with Gasteiger partial charge in [0, 0.05) is 12.3 Å². The summed E-state index contributed by atoms with van der Waals surface area (Å²) in [6.07, 6.45) is 8.95. The first-order chi connectivity index (χ1) is 10.5. The standard InChI is InChI=1S/C17H28O5/c1-12(18)14-10-7-9-13(16(14)17(20)21)8-5-3-4-6-11-15(19)22-2/h7,9,12-14,16,18H,3-6,8,10-11H2,1-2H3,(H,20,21)/t12?,13?,14-,16-/m1/s1. The van der Waals surface area contributed by atoms with Crippen LogP contribution in [0, 0.1) is 17.8 Å². The van der Waals surface area contributed by atoms with Gasteiger partial charge in [-0.3, -0.25) is 9.59 Å². The quantitative estimate of drug-likeness (QED) is 0.388. The normalized spacial score (nSPS) is 25.7. The van der Waals surface area contributed by atoms with Gasteiger partial charge in [0.1, 0.15) is 0 Å². The van der Waals surface area contributed by atoms with Crippen LogP contribution in [0.4, 0.5) is 0 Å². The van der Waals surface area contributed by atoms with Crippen molar-refractivity contribution in [2.24, 2.45) is 17.8 Å². The van der Waals surface area contributed by atoms with Crippen molar-refractivity contribution in [2.75, 3.05) is 7.11 Å². The summed E-state index contributed by atoms with van der Waals surface area (Å²) in [4.78, 5) is 22.5. The number of rotatable bonds is 9. The van der Waals surface area contributed by atoms with E-state index in [2.05, 4.69) is 4.74 Å². The van der Waals surface area contributed by atoms with E-state index in [1.807, 2.05) is 12.2 Å². The van der Waals surface area contributed by atoms with E-state index in [-0.39, 0.29) is 17.8 Å². The minimum Gasteiger partial charge on any atom is -0.481 e. The average molecular weight is 312 g/mol. The Hall–Kier alpha value is -1.36. The summed E-state index contributed by atoms with van der Waals surface area (Å²) in [7, 11) is 1.39. The smallest absolute Gasteiger partial charge is 0.307 e. The molecule has 0 fully saturated rings. The van der Waals surface area contributed by atoms with E-state index >= 15 is 0 Å². The highest BCUT2D eigenvalue weighted by molar-refractivity contribution is 5.71. The van der Waals surface area contributed by atoms with Gasteiger partial charge in [-0.15, -0.1) is 0 Å². The predicted molar refractivity (Wildman–Crippen MR) is 83.3 cm³/mol. The molecule has 2 N–H and O–H groups in total. The number of hydrogen-bond acceptors (Lipinski definition) is 4. The maximum Gasteiger partial charge on any atom is 0.307 e. The van der Waals surface area contributed by atoms with E-state index in [1.165, 1.54) is 7.11 Å². The first-order valence-electron chi connectivity index (χ1n) is 8.11. The van der Waals surface area contributed by atoms with Gasteiger partial charge in [0.25, 0.3) is 0 Å². The molecule has 5 heteroatoms. The summed E-state index contributed by atoms with van der Waals surface area (Å²) in [5, 5.41) is 19.3. The number of ether oxygens (including phenoxy) is 1. The zero-order valence-electron chi connectivity index (χ0n) is 13.5. The summed E-state index contributed by atoms with van der Waals surface area (Å²) < 4.78 is 4.59. The number of aliphatic hydroxyl groups excluding tert-OH is 1. The first kappa shape index (κ1) is 18.7. The van der Waals surface area contributed by atoms with E-state index in [9.17, 15) is 19.8 Å². The first-order valence-corrected chi connectivity index (χ1v) is 8.11. The van der Waals surface area contributed by atoms with Crippen molar-refractivity contribution in [2.45, 2.75) is 58.0 Å². The fraction of sp³-hybridized carbons (Fsp3) is 0.765. The summed E-state index contributed by atoms with van der Waals surface area (Å²) in [6, 6.07) is 0. The molecule has 1 aliphatic rings. The lowest BCUT2D eigenvalue weighted by molar-refractivity contribution is -0.147. The van der Waals surface area contributed by atoms with Crippen LogP contribution in [-0.4, -0.2) is 35.4 Å². The molecule has 0 saturated heterocycles. The highest BCUT2D eigenvalue weighted by Crippen LogP contribution is 2.35. The Kier molecular flexibility index (Phi) is 8.17. The van der Waals surface area contributed by atoms with Crippen molar-refractivity contribution in [1.29, 1.82) is 0 Å². The minimum absolute atomic E-state index is 0.00791. The molecule has 0 bridgehead atoms. The monoisotopic (exact) mass is 312 g/mol. The Balaban J connectivity index is 2.37. The van der Waals surface area contributed by atoms with Crippen molar-refractivity contribution in [3.05, 3.63) is 12.2 Å². The molecule has 0 spiro atoms. The lowest BCUT2D eigenvalue weighted by atomic mass is 9.72. The Morgan fingerprint density at radius 1 is 1.27 bits per heavy atom. The molecule has 22 heavy (non-hydrogen) atoms. The Morgan fingerprint density at radius 2 is 1.95 bits per heavy atom. The van der Waals surface area contributed by atoms with Crippen LogP contribution in [0.3, 0.4) is 0 Å². The van der Waals surface area contributed by atoms with Gasteiger partial charge in [-0.2, -0.15) is 0 Å². The molecule has 2 unspecified atom stereocenters. The van der Waals surface area contributed by atoms with Gasteiger partial charge in [0.15, 0.2) is 0 Å². The third kappa shape index (κ3) is 5.79. The van der Waals surface area contributed by atoms with Gasteiger partial charge in [-0.05, 0) is 32.1 Å². The van der Waals surface area contributed by atoms with Crippen LogP contribution in [0.2, 0.25) is 0 Å². The molecule has 0 aromatic carbocycles. The van der Waals surface area contributed by atoms with E-state index < -0.39 is 18.0 Å². The second kappa shape index (κ2) is 9.62.